The van der Waals surface area contributed by atoms with Gasteiger partial charge in [-0.1, -0.05) is 0 Å². The molecule has 1 aliphatic heterocycles. The fourth-order valence-corrected chi connectivity index (χ4v) is 2.12. The zero-order chi connectivity index (χ0) is 14.2. The number of carbonyl (C=O) groups is 2. The second-order valence-electron chi connectivity index (χ2n) is 4.57. The van der Waals surface area contributed by atoms with Gasteiger partial charge in [0.1, 0.15) is 6.04 Å². The molecular weight excluding hydrogens is 252 g/mol. The number of rotatable bonds is 2. The third-order valence-electron chi connectivity index (χ3n) is 3.18. The van der Waals surface area contributed by atoms with Crippen LogP contribution in [0.3, 0.4) is 0 Å². The van der Waals surface area contributed by atoms with Crippen LogP contribution in [0.15, 0.2) is 23.1 Å². The van der Waals surface area contributed by atoms with Gasteiger partial charge in [-0.25, -0.2) is 4.79 Å². The van der Waals surface area contributed by atoms with Gasteiger partial charge in [-0.3, -0.25) is 9.59 Å². The van der Waals surface area contributed by atoms with Crippen molar-refractivity contribution < 1.29 is 19.8 Å². The maximum Gasteiger partial charge on any atom is 0.326 e. The van der Waals surface area contributed by atoms with Crippen LogP contribution in [0.5, 0.6) is 0 Å². The number of carboxylic acids is 1. The summed E-state index contributed by atoms with van der Waals surface area (Å²) < 4.78 is 1.31. The highest BCUT2D eigenvalue weighted by Crippen LogP contribution is 2.20. The van der Waals surface area contributed by atoms with Crippen molar-refractivity contribution in [3.8, 4) is 0 Å². The number of β-amino-alcohol motifs (C(OH)–C–C–N with tert-alkyl or cyclic N) is 1. The zero-order valence-electron chi connectivity index (χ0n) is 10.3. The predicted molar refractivity (Wildman–Crippen MR) is 64.8 cm³/mol. The number of hydrogen-bond acceptors (Lipinski definition) is 4. The molecular formula is C12H14N2O5. The second kappa shape index (κ2) is 4.85. The largest absolute Gasteiger partial charge is 0.480 e. The molecule has 1 unspecified atom stereocenters. The summed E-state index contributed by atoms with van der Waals surface area (Å²) in [5.41, 5.74) is -0.221. The lowest BCUT2D eigenvalue weighted by Crippen LogP contribution is -2.41. The number of aromatic nitrogens is 1. The molecule has 1 fully saturated rings. The van der Waals surface area contributed by atoms with Gasteiger partial charge >= 0.3 is 5.97 Å². The monoisotopic (exact) mass is 266 g/mol. The first-order chi connectivity index (χ1) is 8.90. The summed E-state index contributed by atoms with van der Waals surface area (Å²) in [7, 11) is 1.55. The maximum atomic E-state index is 12.2. The van der Waals surface area contributed by atoms with Crippen LogP contribution in [0.25, 0.3) is 0 Å². The number of likely N-dealkylation sites (tertiary alicyclic amines) is 1. The molecule has 0 aromatic carbocycles. The van der Waals surface area contributed by atoms with E-state index in [0.29, 0.717) is 0 Å². The Bertz CT molecular complexity index is 580. The molecule has 1 aliphatic rings. The molecule has 2 heterocycles. The number of aryl methyl sites for hydroxylation is 1. The topological polar surface area (TPSA) is 99.8 Å². The first-order valence-corrected chi connectivity index (χ1v) is 5.78. The van der Waals surface area contributed by atoms with Crippen molar-refractivity contribution in [2.45, 2.75) is 18.6 Å². The molecule has 2 rings (SSSR count). The van der Waals surface area contributed by atoms with E-state index in [1.165, 1.54) is 16.8 Å². The molecule has 0 radical (unpaired) electrons. The van der Waals surface area contributed by atoms with Crippen LogP contribution in [0.1, 0.15) is 16.8 Å². The summed E-state index contributed by atoms with van der Waals surface area (Å²) in [6, 6.07) is 1.56. The summed E-state index contributed by atoms with van der Waals surface area (Å²) in [6.45, 7) is -0.0367. The van der Waals surface area contributed by atoms with E-state index in [1.54, 1.807) is 7.05 Å². The highest BCUT2D eigenvalue weighted by atomic mass is 16.4. The maximum absolute atomic E-state index is 12.2. The highest BCUT2D eigenvalue weighted by molar-refractivity contribution is 5.96. The number of hydrogen-bond donors (Lipinski definition) is 2. The van der Waals surface area contributed by atoms with Crippen molar-refractivity contribution in [2.24, 2.45) is 7.05 Å². The van der Waals surface area contributed by atoms with Gasteiger partial charge in [-0.2, -0.15) is 0 Å². The van der Waals surface area contributed by atoms with Crippen LogP contribution in [0.4, 0.5) is 0 Å². The molecule has 102 valence electrons. The molecule has 1 aromatic rings. The number of nitrogens with zero attached hydrogens (tertiary/aromatic N) is 2. The van der Waals surface area contributed by atoms with Gasteiger partial charge in [0.15, 0.2) is 0 Å². The quantitative estimate of drug-likeness (QED) is 0.718. The molecule has 0 aliphatic carbocycles. The van der Waals surface area contributed by atoms with E-state index in [4.69, 9.17) is 5.11 Å². The molecule has 2 N–H and O–H groups in total. The van der Waals surface area contributed by atoms with Gasteiger partial charge in [0.2, 0.25) is 0 Å². The highest BCUT2D eigenvalue weighted by Gasteiger charge is 2.39. The molecule has 19 heavy (non-hydrogen) atoms. The Balaban J connectivity index is 2.30. The predicted octanol–water partition coefficient (Wildman–Crippen LogP) is -0.955. The molecule has 1 aromatic heterocycles. The number of amides is 1. The van der Waals surface area contributed by atoms with Crippen LogP contribution in [0.2, 0.25) is 0 Å². The summed E-state index contributed by atoms with van der Waals surface area (Å²) in [6.07, 6.45) is 0.598. The molecule has 1 saturated heterocycles. The molecule has 1 amide bonds. The molecule has 0 spiro atoms. The minimum Gasteiger partial charge on any atom is -0.480 e. The number of carbonyl (C=O) groups excluding carboxylic acids is 1. The average molecular weight is 266 g/mol. The lowest BCUT2D eigenvalue weighted by Gasteiger charge is -2.21. The van der Waals surface area contributed by atoms with E-state index in [2.05, 4.69) is 0 Å². The molecule has 0 bridgehead atoms. The minimum absolute atomic E-state index is 0.00587. The summed E-state index contributed by atoms with van der Waals surface area (Å²) in [5, 5.41) is 18.5. The van der Waals surface area contributed by atoms with Crippen LogP contribution in [-0.4, -0.2) is 50.2 Å². The summed E-state index contributed by atoms with van der Waals surface area (Å²) >= 11 is 0. The fraction of sp³-hybridized carbons (Fsp3) is 0.417. The number of pyridine rings is 1. The molecule has 7 nitrogen and oxygen atoms in total. The number of aliphatic hydroxyl groups is 1. The van der Waals surface area contributed by atoms with Gasteiger partial charge in [0.05, 0.1) is 6.10 Å². The van der Waals surface area contributed by atoms with Gasteiger partial charge in [-0.15, -0.1) is 0 Å². The summed E-state index contributed by atoms with van der Waals surface area (Å²) in [5.74, 6) is -1.71. The van der Waals surface area contributed by atoms with E-state index in [1.807, 2.05) is 0 Å². The van der Waals surface area contributed by atoms with Crippen molar-refractivity contribution in [1.29, 1.82) is 0 Å². The lowest BCUT2D eigenvalue weighted by molar-refractivity contribution is -0.141. The Morgan fingerprint density at radius 1 is 1.42 bits per heavy atom. The lowest BCUT2D eigenvalue weighted by atomic mass is 10.2. The molecule has 2 atom stereocenters. The smallest absolute Gasteiger partial charge is 0.326 e. The van der Waals surface area contributed by atoms with Crippen molar-refractivity contribution in [3.05, 3.63) is 34.2 Å². The van der Waals surface area contributed by atoms with Gasteiger partial charge in [0, 0.05) is 37.8 Å². The van der Waals surface area contributed by atoms with E-state index >= 15 is 0 Å². The van der Waals surface area contributed by atoms with Crippen molar-refractivity contribution in [2.75, 3.05) is 6.54 Å². The number of aliphatic hydroxyl groups excluding tert-OH is 1. The van der Waals surface area contributed by atoms with E-state index in [-0.39, 0.29) is 24.1 Å². The Hall–Kier alpha value is -2.15. The first kappa shape index (κ1) is 13.3. The van der Waals surface area contributed by atoms with Crippen molar-refractivity contribution >= 4 is 11.9 Å². The van der Waals surface area contributed by atoms with Crippen LogP contribution in [-0.2, 0) is 11.8 Å². The molecule has 7 heteroatoms. The second-order valence-corrected chi connectivity index (χ2v) is 4.57. The molecule has 0 saturated carbocycles. The first-order valence-electron chi connectivity index (χ1n) is 5.78. The van der Waals surface area contributed by atoms with Gasteiger partial charge in [0.25, 0.3) is 11.5 Å². The van der Waals surface area contributed by atoms with E-state index in [9.17, 15) is 19.5 Å². The Morgan fingerprint density at radius 2 is 2.11 bits per heavy atom. The van der Waals surface area contributed by atoms with Crippen molar-refractivity contribution in [1.82, 2.24) is 9.47 Å². The fourth-order valence-electron chi connectivity index (χ4n) is 2.12. The minimum atomic E-state index is -1.16. The van der Waals surface area contributed by atoms with Crippen LogP contribution >= 0.6 is 0 Å². The van der Waals surface area contributed by atoms with E-state index in [0.717, 1.165) is 11.0 Å². The number of aliphatic carboxylic acids is 1. The standard InChI is InChI=1S/C12H14N2O5/c1-13-3-2-7(4-10(13)16)11(17)14-6-8(15)5-9(14)12(18)19/h2-4,8-9,15H,5-6H2,1H3,(H,18,19)/t8?,9-/m0/s1. The normalized spacial score (nSPS) is 22.5. The van der Waals surface area contributed by atoms with Crippen molar-refractivity contribution in [3.63, 3.8) is 0 Å². The Kier molecular flexibility index (Phi) is 3.39. The Labute approximate surface area is 108 Å². The van der Waals surface area contributed by atoms with Gasteiger partial charge < -0.3 is 19.7 Å². The third-order valence-corrected chi connectivity index (χ3v) is 3.18. The SMILES string of the molecule is Cn1ccc(C(=O)N2CC(O)C[C@H]2C(=O)O)cc1=O. The van der Waals surface area contributed by atoms with Gasteiger partial charge in [-0.05, 0) is 6.07 Å². The number of carboxylic acid groups (broad SMARTS) is 1. The van der Waals surface area contributed by atoms with Crippen LogP contribution in [0, 0.1) is 0 Å². The zero-order valence-corrected chi connectivity index (χ0v) is 10.3. The average Bonchev–Trinajstić information content (AvgIpc) is 2.74. The van der Waals surface area contributed by atoms with Crippen LogP contribution < -0.4 is 5.56 Å². The summed E-state index contributed by atoms with van der Waals surface area (Å²) in [4.78, 5) is 35.8. The Morgan fingerprint density at radius 3 is 2.68 bits per heavy atom. The third kappa shape index (κ3) is 2.50. The van der Waals surface area contributed by atoms with E-state index < -0.39 is 24.0 Å².